The highest BCUT2D eigenvalue weighted by atomic mass is 79.9. The van der Waals surface area contributed by atoms with Crippen molar-refractivity contribution in [1.29, 1.82) is 0 Å². The Morgan fingerprint density at radius 1 is 1.28 bits per heavy atom. The molecular formula is C19H24BrNO4. The Labute approximate surface area is 155 Å². The number of nitrogens with zero attached hydrogens (tertiary/aromatic N) is 1. The third kappa shape index (κ3) is 4.42. The second-order valence-corrected chi connectivity index (χ2v) is 8.24. The standard InChI is InChI=1S/C19H24BrNO4/c1-5-6-9-25-16-14-10-12(20)7-8-13(14)17(22)21(11-19(2,3)4)15(16)18(23)24/h7-8,10H,5-6,9,11H2,1-4H3,(H,23,24). The molecule has 0 radical (unpaired) electrons. The molecule has 0 amide bonds. The number of halogens is 1. The van der Waals surface area contributed by atoms with Crippen LogP contribution in [0.1, 0.15) is 51.0 Å². The predicted molar refractivity (Wildman–Crippen MR) is 103 cm³/mol. The third-order valence-electron chi connectivity index (χ3n) is 3.77. The van der Waals surface area contributed by atoms with E-state index in [2.05, 4.69) is 15.9 Å². The molecular weight excluding hydrogens is 386 g/mol. The van der Waals surface area contributed by atoms with Crippen molar-refractivity contribution in [2.75, 3.05) is 6.61 Å². The zero-order chi connectivity index (χ0) is 18.8. The summed E-state index contributed by atoms with van der Waals surface area (Å²) in [6.45, 7) is 8.64. The summed E-state index contributed by atoms with van der Waals surface area (Å²) >= 11 is 3.39. The molecule has 5 nitrogen and oxygen atoms in total. The van der Waals surface area contributed by atoms with E-state index in [1.165, 1.54) is 4.57 Å². The molecule has 136 valence electrons. The molecule has 0 bridgehead atoms. The van der Waals surface area contributed by atoms with E-state index in [-0.39, 0.29) is 22.4 Å². The van der Waals surface area contributed by atoms with Gasteiger partial charge in [-0.1, -0.05) is 50.0 Å². The van der Waals surface area contributed by atoms with Gasteiger partial charge in [-0.2, -0.15) is 0 Å². The summed E-state index contributed by atoms with van der Waals surface area (Å²) in [5.74, 6) is -0.893. The summed E-state index contributed by atoms with van der Waals surface area (Å²) < 4.78 is 7.96. The van der Waals surface area contributed by atoms with Gasteiger partial charge in [-0.15, -0.1) is 0 Å². The molecule has 1 aromatic carbocycles. The number of carbonyl (C=O) groups is 1. The van der Waals surface area contributed by atoms with E-state index < -0.39 is 5.97 Å². The van der Waals surface area contributed by atoms with Crippen LogP contribution in [0.3, 0.4) is 0 Å². The van der Waals surface area contributed by atoms with Gasteiger partial charge in [0.05, 0.1) is 12.0 Å². The predicted octanol–water partition coefficient (Wildman–Crippen LogP) is 4.69. The molecule has 0 unspecified atom stereocenters. The van der Waals surface area contributed by atoms with Gasteiger partial charge in [0, 0.05) is 16.4 Å². The molecule has 1 heterocycles. The molecule has 0 aliphatic heterocycles. The summed E-state index contributed by atoms with van der Waals surface area (Å²) in [5.41, 5.74) is -0.642. The molecule has 0 spiro atoms. The van der Waals surface area contributed by atoms with Crippen molar-refractivity contribution in [2.24, 2.45) is 5.41 Å². The number of unbranched alkanes of at least 4 members (excludes halogenated alkanes) is 1. The maximum atomic E-state index is 13.0. The molecule has 1 N–H and O–H groups in total. The zero-order valence-corrected chi connectivity index (χ0v) is 16.6. The van der Waals surface area contributed by atoms with Crippen molar-refractivity contribution in [3.63, 3.8) is 0 Å². The summed E-state index contributed by atoms with van der Waals surface area (Å²) in [6, 6.07) is 5.23. The minimum absolute atomic E-state index is 0.0818. The van der Waals surface area contributed by atoms with Gasteiger partial charge < -0.3 is 9.84 Å². The number of carboxylic acids is 1. The van der Waals surface area contributed by atoms with Crippen molar-refractivity contribution >= 4 is 32.7 Å². The van der Waals surface area contributed by atoms with E-state index in [0.717, 1.165) is 17.3 Å². The fraction of sp³-hybridized carbons (Fsp3) is 0.474. The molecule has 2 rings (SSSR count). The SMILES string of the molecule is CCCCOc1c(C(=O)O)n(CC(C)(C)C)c(=O)c2ccc(Br)cc12. The fourth-order valence-electron chi connectivity index (χ4n) is 2.69. The van der Waals surface area contributed by atoms with Gasteiger partial charge in [-0.25, -0.2) is 4.79 Å². The lowest BCUT2D eigenvalue weighted by atomic mass is 9.96. The van der Waals surface area contributed by atoms with Crippen LogP contribution in [0.5, 0.6) is 5.75 Å². The van der Waals surface area contributed by atoms with Crippen LogP contribution in [0.15, 0.2) is 27.5 Å². The number of pyridine rings is 1. The number of hydrogen-bond donors (Lipinski definition) is 1. The minimum Gasteiger partial charge on any atom is -0.490 e. The van der Waals surface area contributed by atoms with E-state index in [9.17, 15) is 14.7 Å². The second kappa shape index (κ2) is 7.60. The van der Waals surface area contributed by atoms with Crippen LogP contribution in [0.2, 0.25) is 0 Å². The van der Waals surface area contributed by atoms with E-state index in [4.69, 9.17) is 4.74 Å². The summed E-state index contributed by atoms with van der Waals surface area (Å²) in [5, 5.41) is 10.8. The lowest BCUT2D eigenvalue weighted by Crippen LogP contribution is -2.32. The first-order valence-corrected chi connectivity index (χ1v) is 9.17. The molecule has 0 aliphatic rings. The lowest BCUT2D eigenvalue weighted by molar-refractivity contribution is 0.0675. The van der Waals surface area contributed by atoms with Gasteiger partial charge in [-0.3, -0.25) is 9.36 Å². The Morgan fingerprint density at radius 2 is 1.96 bits per heavy atom. The van der Waals surface area contributed by atoms with Gasteiger partial charge >= 0.3 is 5.97 Å². The normalized spacial score (nSPS) is 11.7. The summed E-state index contributed by atoms with van der Waals surface area (Å²) in [7, 11) is 0. The van der Waals surface area contributed by atoms with Crippen LogP contribution in [0, 0.1) is 5.41 Å². The molecule has 0 aliphatic carbocycles. The van der Waals surface area contributed by atoms with E-state index in [1.54, 1.807) is 18.2 Å². The Morgan fingerprint density at radius 3 is 2.52 bits per heavy atom. The molecule has 0 saturated heterocycles. The molecule has 25 heavy (non-hydrogen) atoms. The Bertz CT molecular complexity index is 849. The lowest BCUT2D eigenvalue weighted by Gasteiger charge is -2.24. The summed E-state index contributed by atoms with van der Waals surface area (Å²) in [6.07, 6.45) is 1.75. The van der Waals surface area contributed by atoms with Crippen molar-refractivity contribution < 1.29 is 14.6 Å². The highest BCUT2D eigenvalue weighted by Gasteiger charge is 2.26. The van der Waals surface area contributed by atoms with Crippen molar-refractivity contribution in [1.82, 2.24) is 4.57 Å². The van der Waals surface area contributed by atoms with Crippen LogP contribution in [0.4, 0.5) is 0 Å². The first-order chi connectivity index (χ1) is 11.7. The van der Waals surface area contributed by atoms with Crippen LogP contribution < -0.4 is 10.3 Å². The van der Waals surface area contributed by atoms with Crippen LogP contribution in [0.25, 0.3) is 10.8 Å². The largest absolute Gasteiger partial charge is 0.490 e. The highest BCUT2D eigenvalue weighted by Crippen LogP contribution is 2.32. The Kier molecular flexibility index (Phi) is 5.93. The topological polar surface area (TPSA) is 68.5 Å². The smallest absolute Gasteiger partial charge is 0.356 e. The first kappa shape index (κ1) is 19.5. The van der Waals surface area contributed by atoms with Crippen LogP contribution >= 0.6 is 15.9 Å². The number of fused-ring (bicyclic) bond motifs is 1. The maximum Gasteiger partial charge on any atom is 0.356 e. The number of carboxylic acid groups (broad SMARTS) is 1. The third-order valence-corrected chi connectivity index (χ3v) is 4.26. The zero-order valence-electron chi connectivity index (χ0n) is 15.1. The number of ether oxygens (including phenoxy) is 1. The Balaban J connectivity index is 2.84. The van der Waals surface area contributed by atoms with Gasteiger partial charge in [0.15, 0.2) is 11.4 Å². The first-order valence-electron chi connectivity index (χ1n) is 8.38. The number of hydrogen-bond acceptors (Lipinski definition) is 3. The number of benzene rings is 1. The highest BCUT2D eigenvalue weighted by molar-refractivity contribution is 9.10. The van der Waals surface area contributed by atoms with Gasteiger partial charge in [0.2, 0.25) is 0 Å². The molecule has 1 aromatic heterocycles. The molecule has 0 saturated carbocycles. The number of aromatic carboxylic acids is 1. The molecule has 2 aromatic rings. The number of rotatable bonds is 6. The number of aromatic nitrogens is 1. The van der Waals surface area contributed by atoms with Gasteiger partial charge in [0.1, 0.15) is 0 Å². The maximum absolute atomic E-state index is 13.0. The monoisotopic (exact) mass is 409 g/mol. The van der Waals surface area contributed by atoms with Gasteiger partial charge in [0.25, 0.3) is 5.56 Å². The van der Waals surface area contributed by atoms with Crippen LogP contribution in [-0.4, -0.2) is 22.2 Å². The Hall–Kier alpha value is -1.82. The second-order valence-electron chi connectivity index (χ2n) is 7.33. The van der Waals surface area contributed by atoms with E-state index in [1.807, 2.05) is 27.7 Å². The average Bonchev–Trinajstić information content (AvgIpc) is 2.49. The quantitative estimate of drug-likeness (QED) is 0.702. The van der Waals surface area contributed by atoms with Gasteiger partial charge in [-0.05, 0) is 30.0 Å². The van der Waals surface area contributed by atoms with Crippen LogP contribution in [-0.2, 0) is 6.54 Å². The fourth-order valence-corrected chi connectivity index (χ4v) is 3.05. The van der Waals surface area contributed by atoms with Crippen molar-refractivity contribution in [3.8, 4) is 5.75 Å². The van der Waals surface area contributed by atoms with E-state index >= 15 is 0 Å². The van der Waals surface area contributed by atoms with Crippen molar-refractivity contribution in [2.45, 2.75) is 47.1 Å². The molecule has 0 atom stereocenters. The molecule has 6 heteroatoms. The molecule has 0 fully saturated rings. The van der Waals surface area contributed by atoms with Crippen molar-refractivity contribution in [3.05, 3.63) is 38.7 Å². The summed E-state index contributed by atoms with van der Waals surface area (Å²) in [4.78, 5) is 24.9. The minimum atomic E-state index is -1.16. The van der Waals surface area contributed by atoms with E-state index in [0.29, 0.717) is 23.9 Å². The average molecular weight is 410 g/mol.